The van der Waals surface area contributed by atoms with Gasteiger partial charge in [0.2, 0.25) is 0 Å². The predicted octanol–water partition coefficient (Wildman–Crippen LogP) is 0.741. The number of carbonyl (C=O) groups excluding carboxylic acids is 1. The molecule has 0 radical (unpaired) electrons. The third kappa shape index (κ3) is 2.59. The van der Waals surface area contributed by atoms with Crippen molar-refractivity contribution in [3.05, 3.63) is 34.4 Å². The van der Waals surface area contributed by atoms with Crippen LogP contribution in [0.2, 0.25) is 0 Å². The summed E-state index contributed by atoms with van der Waals surface area (Å²) in [6.07, 6.45) is 1.28. The Morgan fingerprint density at radius 1 is 1.27 bits per heavy atom. The molecule has 0 atom stereocenters. The molecule has 0 unspecified atom stereocenters. The van der Waals surface area contributed by atoms with Gasteiger partial charge in [-0.1, -0.05) is 0 Å². The lowest BCUT2D eigenvalue weighted by atomic mass is 10.1. The van der Waals surface area contributed by atoms with Gasteiger partial charge >= 0.3 is 5.97 Å². The minimum absolute atomic E-state index is 0.0803. The zero-order valence-corrected chi connectivity index (χ0v) is 13.3. The molecule has 118 valence electrons. The zero-order valence-electron chi connectivity index (χ0n) is 13.3. The molecule has 0 aliphatic carbocycles. The van der Waals surface area contributed by atoms with Crippen molar-refractivity contribution in [3.63, 3.8) is 0 Å². The Labute approximate surface area is 127 Å². The second kappa shape index (κ2) is 5.63. The highest BCUT2D eigenvalue weighted by Gasteiger charge is 2.25. The summed E-state index contributed by atoms with van der Waals surface area (Å²) < 4.78 is 2.94. The summed E-state index contributed by atoms with van der Waals surface area (Å²) in [5.41, 5.74) is 2.75. The van der Waals surface area contributed by atoms with E-state index in [2.05, 4.69) is 10.2 Å². The Morgan fingerprint density at radius 3 is 2.41 bits per heavy atom. The molecule has 0 fully saturated rings. The third-order valence-corrected chi connectivity index (χ3v) is 3.77. The summed E-state index contributed by atoms with van der Waals surface area (Å²) in [5.74, 6) is -1.56. The Morgan fingerprint density at radius 2 is 1.91 bits per heavy atom. The molecule has 1 amide bonds. The number of carboxylic acids is 1. The monoisotopic (exact) mass is 305 g/mol. The van der Waals surface area contributed by atoms with Crippen LogP contribution in [0.5, 0.6) is 0 Å². The molecule has 2 heterocycles. The molecule has 0 bridgehead atoms. The van der Waals surface area contributed by atoms with E-state index in [0.717, 1.165) is 17.0 Å². The van der Waals surface area contributed by atoms with E-state index in [4.69, 9.17) is 0 Å². The fraction of sp³-hybridized carbons (Fsp3) is 0.429. The van der Waals surface area contributed by atoms with E-state index in [1.807, 2.05) is 20.9 Å². The lowest BCUT2D eigenvalue weighted by Gasteiger charge is -2.17. The molecule has 2 rings (SSSR count). The highest BCUT2D eigenvalue weighted by Crippen LogP contribution is 2.17. The summed E-state index contributed by atoms with van der Waals surface area (Å²) in [6.45, 7) is 4.17. The molecule has 0 saturated carbocycles. The minimum atomic E-state index is -1.18. The molecule has 22 heavy (non-hydrogen) atoms. The molecular formula is C14H19N5O3. The van der Waals surface area contributed by atoms with Crippen molar-refractivity contribution in [1.82, 2.24) is 24.5 Å². The van der Waals surface area contributed by atoms with Gasteiger partial charge in [-0.3, -0.25) is 14.2 Å². The fourth-order valence-electron chi connectivity index (χ4n) is 2.41. The third-order valence-electron chi connectivity index (χ3n) is 3.77. The van der Waals surface area contributed by atoms with E-state index < -0.39 is 5.97 Å². The molecule has 8 nitrogen and oxygen atoms in total. The first-order valence-electron chi connectivity index (χ1n) is 6.73. The minimum Gasteiger partial charge on any atom is -0.477 e. The van der Waals surface area contributed by atoms with Crippen LogP contribution in [0.1, 0.15) is 37.8 Å². The van der Waals surface area contributed by atoms with Gasteiger partial charge in [0, 0.05) is 38.9 Å². The van der Waals surface area contributed by atoms with E-state index in [9.17, 15) is 14.7 Å². The maximum absolute atomic E-state index is 12.5. The first-order chi connectivity index (χ1) is 10.2. The van der Waals surface area contributed by atoms with Crippen LogP contribution in [0.3, 0.4) is 0 Å². The lowest BCUT2D eigenvalue weighted by Crippen LogP contribution is -2.28. The Bertz CT molecular complexity index is 744. The number of amides is 1. The second-order valence-electron chi connectivity index (χ2n) is 5.27. The molecule has 0 aromatic carbocycles. The summed E-state index contributed by atoms with van der Waals surface area (Å²) in [7, 11) is 4.97. The van der Waals surface area contributed by atoms with Gasteiger partial charge in [-0.15, -0.1) is 0 Å². The van der Waals surface area contributed by atoms with E-state index in [1.165, 1.54) is 22.8 Å². The molecule has 0 saturated heterocycles. The average Bonchev–Trinajstić information content (AvgIpc) is 2.93. The standard InChI is InChI=1S/C14H19N5O3/c1-8-11(9(2)18(4)16-8)7-17(3)13(20)10-6-15-19(5)12(10)14(21)22/h6H,7H2,1-5H3,(H,21,22). The number of hydrogen-bond acceptors (Lipinski definition) is 4. The second-order valence-corrected chi connectivity index (χ2v) is 5.27. The van der Waals surface area contributed by atoms with Gasteiger partial charge < -0.3 is 10.0 Å². The molecule has 0 spiro atoms. The van der Waals surface area contributed by atoms with Crippen molar-refractivity contribution < 1.29 is 14.7 Å². The molecule has 2 aromatic heterocycles. The van der Waals surface area contributed by atoms with Gasteiger partial charge in [-0.05, 0) is 13.8 Å². The van der Waals surface area contributed by atoms with Crippen LogP contribution < -0.4 is 0 Å². The van der Waals surface area contributed by atoms with Gasteiger partial charge in [-0.25, -0.2) is 4.79 Å². The van der Waals surface area contributed by atoms with Crippen molar-refractivity contribution in [3.8, 4) is 0 Å². The highest BCUT2D eigenvalue weighted by atomic mass is 16.4. The number of hydrogen-bond donors (Lipinski definition) is 1. The van der Waals surface area contributed by atoms with Crippen LogP contribution in [0.25, 0.3) is 0 Å². The number of aromatic carboxylic acids is 1. The first kappa shape index (κ1) is 15.7. The van der Waals surface area contributed by atoms with Gasteiger partial charge in [-0.2, -0.15) is 10.2 Å². The maximum atomic E-state index is 12.5. The number of aryl methyl sites for hydroxylation is 3. The van der Waals surface area contributed by atoms with Crippen molar-refractivity contribution >= 4 is 11.9 Å². The number of carboxylic acid groups (broad SMARTS) is 1. The Hall–Kier alpha value is -2.64. The summed E-state index contributed by atoms with van der Waals surface area (Å²) in [5, 5.41) is 17.4. The van der Waals surface area contributed by atoms with Crippen LogP contribution in [-0.2, 0) is 20.6 Å². The van der Waals surface area contributed by atoms with Crippen molar-refractivity contribution in [2.45, 2.75) is 20.4 Å². The van der Waals surface area contributed by atoms with E-state index in [0.29, 0.717) is 6.54 Å². The maximum Gasteiger partial charge on any atom is 0.354 e. The van der Waals surface area contributed by atoms with Crippen LogP contribution in [0, 0.1) is 13.8 Å². The molecule has 2 aromatic rings. The largest absolute Gasteiger partial charge is 0.477 e. The van der Waals surface area contributed by atoms with Crippen molar-refractivity contribution in [2.24, 2.45) is 14.1 Å². The molecular weight excluding hydrogens is 286 g/mol. The van der Waals surface area contributed by atoms with Gasteiger partial charge in [0.25, 0.3) is 5.91 Å². The number of rotatable bonds is 4. The zero-order chi connectivity index (χ0) is 16.6. The quantitative estimate of drug-likeness (QED) is 0.899. The summed E-state index contributed by atoms with van der Waals surface area (Å²) in [6, 6.07) is 0. The van der Waals surface area contributed by atoms with Crippen LogP contribution in [0.15, 0.2) is 6.20 Å². The summed E-state index contributed by atoms with van der Waals surface area (Å²) in [4.78, 5) is 25.2. The Balaban J connectivity index is 2.29. The molecule has 8 heteroatoms. The normalized spacial score (nSPS) is 10.8. The van der Waals surface area contributed by atoms with Crippen molar-refractivity contribution in [2.75, 3.05) is 7.05 Å². The van der Waals surface area contributed by atoms with Crippen LogP contribution >= 0.6 is 0 Å². The van der Waals surface area contributed by atoms with Gasteiger partial charge in [0.15, 0.2) is 5.69 Å². The molecule has 0 aliphatic rings. The number of aromatic nitrogens is 4. The van der Waals surface area contributed by atoms with E-state index in [-0.39, 0.29) is 17.2 Å². The highest BCUT2D eigenvalue weighted by molar-refractivity contribution is 6.03. The average molecular weight is 305 g/mol. The van der Waals surface area contributed by atoms with Gasteiger partial charge in [0.05, 0.1) is 17.5 Å². The molecule has 0 aliphatic heterocycles. The topological polar surface area (TPSA) is 93.3 Å². The SMILES string of the molecule is Cc1nn(C)c(C)c1CN(C)C(=O)c1cnn(C)c1C(=O)O. The van der Waals surface area contributed by atoms with E-state index >= 15 is 0 Å². The summed E-state index contributed by atoms with van der Waals surface area (Å²) >= 11 is 0. The number of carbonyl (C=O) groups is 2. The van der Waals surface area contributed by atoms with Gasteiger partial charge in [0.1, 0.15) is 0 Å². The lowest BCUT2D eigenvalue weighted by molar-refractivity contribution is 0.0669. The smallest absolute Gasteiger partial charge is 0.354 e. The van der Waals surface area contributed by atoms with Crippen LogP contribution in [-0.4, -0.2) is 48.5 Å². The predicted molar refractivity (Wildman–Crippen MR) is 78.6 cm³/mol. The van der Waals surface area contributed by atoms with Crippen LogP contribution in [0.4, 0.5) is 0 Å². The molecule has 1 N–H and O–H groups in total. The Kier molecular flexibility index (Phi) is 4.03. The first-order valence-corrected chi connectivity index (χ1v) is 6.73. The van der Waals surface area contributed by atoms with Crippen molar-refractivity contribution in [1.29, 1.82) is 0 Å². The fourth-order valence-corrected chi connectivity index (χ4v) is 2.41. The van der Waals surface area contributed by atoms with E-state index in [1.54, 1.807) is 11.7 Å². The number of nitrogens with zero attached hydrogens (tertiary/aromatic N) is 5.